The van der Waals surface area contributed by atoms with E-state index in [0.717, 1.165) is 11.7 Å². The lowest BCUT2D eigenvalue weighted by atomic mass is 9.73. The Kier molecular flexibility index (Phi) is 6.43. The first kappa shape index (κ1) is 20.8. The van der Waals surface area contributed by atoms with Crippen LogP contribution >= 0.6 is 0 Å². The number of aryl methyl sites for hydroxylation is 1. The number of nitrogens with zero attached hydrogens (tertiary/aromatic N) is 1. The molecule has 4 rings (SSSR count). The molecule has 0 amide bonds. The van der Waals surface area contributed by atoms with Crippen LogP contribution in [0.2, 0.25) is 0 Å². The van der Waals surface area contributed by atoms with Crippen LogP contribution in [-0.4, -0.2) is 50.9 Å². The molecule has 0 bridgehead atoms. The highest BCUT2D eigenvalue weighted by atomic mass is 32.2. The average molecular weight is 404 g/mol. The molecule has 0 aromatic heterocycles. The molecule has 0 saturated carbocycles. The van der Waals surface area contributed by atoms with E-state index in [1.807, 2.05) is 0 Å². The van der Waals surface area contributed by atoms with Crippen LogP contribution in [0.5, 0.6) is 5.75 Å². The van der Waals surface area contributed by atoms with Crippen LogP contribution in [0.3, 0.4) is 0 Å². The number of methoxy groups -OCH3 is 1. The molecule has 0 spiro atoms. The monoisotopic (exact) mass is 403 g/mol. The van der Waals surface area contributed by atoms with Crippen LogP contribution in [0.1, 0.15) is 29.0 Å². The maximum Gasteiger partial charge on any atom is 0.261 e. The Labute approximate surface area is 168 Å². The van der Waals surface area contributed by atoms with Crippen molar-refractivity contribution in [3.8, 4) is 5.75 Å². The predicted molar refractivity (Wildman–Crippen MR) is 112 cm³/mol. The van der Waals surface area contributed by atoms with Gasteiger partial charge in [0.05, 0.1) is 13.4 Å². The first-order valence-corrected chi connectivity index (χ1v) is 11.4. The minimum Gasteiger partial charge on any atom is -0.497 e. The van der Waals surface area contributed by atoms with E-state index in [4.69, 9.17) is 9.29 Å². The maximum atomic E-state index is 9.19. The number of likely N-dealkylation sites (N-methyl/N-ethyl adjacent to an activating group) is 1. The fourth-order valence-electron chi connectivity index (χ4n) is 4.67. The first-order valence-electron chi connectivity index (χ1n) is 9.59. The Morgan fingerprint density at radius 1 is 1.18 bits per heavy atom. The molecule has 1 heterocycles. The van der Waals surface area contributed by atoms with Gasteiger partial charge in [0.1, 0.15) is 5.75 Å². The second kappa shape index (κ2) is 8.64. The van der Waals surface area contributed by atoms with Gasteiger partial charge in [0.25, 0.3) is 10.1 Å². The van der Waals surface area contributed by atoms with Crippen LogP contribution in [0.25, 0.3) is 0 Å². The molecule has 1 aliphatic carbocycles. The molecule has 2 aliphatic rings. The molecule has 152 valence electrons. The van der Waals surface area contributed by atoms with Crippen molar-refractivity contribution >= 4 is 10.1 Å². The fraction of sp³-hybridized carbons (Fsp3) is 0.455. The average Bonchev–Trinajstić information content (AvgIpc) is 2.96. The van der Waals surface area contributed by atoms with E-state index in [2.05, 4.69) is 60.5 Å². The Morgan fingerprint density at radius 2 is 1.86 bits per heavy atom. The Bertz CT molecular complexity index is 890. The molecule has 0 radical (unpaired) electrons. The SMILES string of the molecule is COc1ccc2c(c1)CCC1[C@@H]2CN(C)[C@@H]1Cc1ccccc1.CS(=O)(=O)O. The predicted octanol–water partition coefficient (Wildman–Crippen LogP) is 3.40. The van der Waals surface area contributed by atoms with Gasteiger partial charge in [0.2, 0.25) is 0 Å². The van der Waals surface area contributed by atoms with E-state index in [1.54, 1.807) is 12.7 Å². The fourth-order valence-corrected chi connectivity index (χ4v) is 4.67. The van der Waals surface area contributed by atoms with Crippen molar-refractivity contribution in [2.24, 2.45) is 5.92 Å². The lowest BCUT2D eigenvalue weighted by Crippen LogP contribution is -2.32. The van der Waals surface area contributed by atoms with Gasteiger partial charge in [-0.25, -0.2) is 0 Å². The summed E-state index contributed by atoms with van der Waals surface area (Å²) in [7, 11) is 0.391. The summed E-state index contributed by atoms with van der Waals surface area (Å²) < 4.78 is 31.3. The summed E-state index contributed by atoms with van der Waals surface area (Å²) in [5, 5.41) is 0. The Hall–Kier alpha value is -1.89. The first-order chi connectivity index (χ1) is 13.3. The number of ether oxygens (including phenoxy) is 1. The van der Waals surface area contributed by atoms with Crippen LogP contribution in [0.4, 0.5) is 0 Å². The number of likely N-dealkylation sites (tertiary alicyclic amines) is 1. The van der Waals surface area contributed by atoms with Crippen molar-refractivity contribution < 1.29 is 17.7 Å². The van der Waals surface area contributed by atoms with Crippen molar-refractivity contribution in [1.82, 2.24) is 4.90 Å². The zero-order valence-corrected chi connectivity index (χ0v) is 17.5. The van der Waals surface area contributed by atoms with Crippen LogP contribution < -0.4 is 4.74 Å². The number of rotatable bonds is 3. The number of benzene rings is 2. The quantitative estimate of drug-likeness (QED) is 0.796. The Morgan fingerprint density at radius 3 is 2.50 bits per heavy atom. The van der Waals surface area contributed by atoms with Crippen molar-refractivity contribution in [2.45, 2.75) is 31.2 Å². The molecule has 1 fully saturated rings. The smallest absolute Gasteiger partial charge is 0.261 e. The maximum absolute atomic E-state index is 9.19. The molecule has 1 saturated heterocycles. The summed E-state index contributed by atoms with van der Waals surface area (Å²) in [6.45, 7) is 1.18. The molecule has 5 nitrogen and oxygen atoms in total. The molecule has 28 heavy (non-hydrogen) atoms. The second-order valence-electron chi connectivity index (χ2n) is 7.80. The van der Waals surface area contributed by atoms with Gasteiger partial charge in [0.15, 0.2) is 0 Å². The van der Waals surface area contributed by atoms with Crippen LogP contribution in [0, 0.1) is 5.92 Å². The standard InChI is InChI=1S/C21H25NO.CH4O3S/c1-22-14-20-18-11-9-17(23-2)13-16(18)8-10-19(20)21(22)12-15-6-4-3-5-7-15;1-5(2,3)4/h3-7,9,11,13,19-21H,8,10,12,14H2,1-2H3;1H3,(H,2,3,4)/t19?,20-,21-;/m1./s1. The van der Waals surface area contributed by atoms with Gasteiger partial charge in [-0.3, -0.25) is 4.55 Å². The third kappa shape index (κ3) is 5.13. The van der Waals surface area contributed by atoms with Crippen molar-refractivity contribution in [2.75, 3.05) is 27.0 Å². The normalized spacial score (nSPS) is 23.9. The van der Waals surface area contributed by atoms with Gasteiger partial charge in [-0.1, -0.05) is 36.4 Å². The van der Waals surface area contributed by atoms with E-state index < -0.39 is 10.1 Å². The van der Waals surface area contributed by atoms with E-state index in [1.165, 1.54) is 36.9 Å². The lowest BCUT2D eigenvalue weighted by Gasteiger charge is -2.31. The van der Waals surface area contributed by atoms with Gasteiger partial charge in [-0.2, -0.15) is 8.42 Å². The largest absolute Gasteiger partial charge is 0.497 e. The number of hydrogen-bond acceptors (Lipinski definition) is 4. The lowest BCUT2D eigenvalue weighted by molar-refractivity contribution is 0.259. The summed E-state index contributed by atoms with van der Waals surface area (Å²) >= 11 is 0. The molecule has 2 aromatic carbocycles. The van der Waals surface area contributed by atoms with Gasteiger partial charge >= 0.3 is 0 Å². The van der Waals surface area contributed by atoms with Gasteiger partial charge in [0, 0.05) is 18.5 Å². The van der Waals surface area contributed by atoms with E-state index in [-0.39, 0.29) is 0 Å². The molecule has 6 heteroatoms. The second-order valence-corrected chi connectivity index (χ2v) is 9.27. The third-order valence-corrected chi connectivity index (χ3v) is 5.85. The van der Waals surface area contributed by atoms with E-state index in [0.29, 0.717) is 18.2 Å². The van der Waals surface area contributed by atoms with E-state index in [9.17, 15) is 8.42 Å². The van der Waals surface area contributed by atoms with Gasteiger partial charge in [-0.15, -0.1) is 0 Å². The zero-order chi connectivity index (χ0) is 20.3. The summed E-state index contributed by atoms with van der Waals surface area (Å²) in [4.78, 5) is 2.58. The third-order valence-electron chi connectivity index (χ3n) is 5.85. The Balaban J connectivity index is 0.000000403. The molecule has 2 aromatic rings. The van der Waals surface area contributed by atoms with Crippen molar-refractivity contribution in [1.29, 1.82) is 0 Å². The molecular weight excluding hydrogens is 374 g/mol. The number of fused-ring (bicyclic) bond motifs is 3. The van der Waals surface area contributed by atoms with Crippen LogP contribution in [-0.2, 0) is 23.0 Å². The summed E-state index contributed by atoms with van der Waals surface area (Å²) in [5.41, 5.74) is 4.52. The topological polar surface area (TPSA) is 66.8 Å². The summed E-state index contributed by atoms with van der Waals surface area (Å²) in [6.07, 6.45) is 4.37. The minimum atomic E-state index is -3.67. The minimum absolute atomic E-state index is 0.664. The van der Waals surface area contributed by atoms with Crippen LogP contribution in [0.15, 0.2) is 48.5 Å². The van der Waals surface area contributed by atoms with Gasteiger partial charge < -0.3 is 9.64 Å². The molecule has 1 unspecified atom stereocenters. The zero-order valence-electron chi connectivity index (χ0n) is 16.7. The highest BCUT2D eigenvalue weighted by Gasteiger charge is 2.42. The van der Waals surface area contributed by atoms with Gasteiger partial charge in [-0.05, 0) is 61.1 Å². The summed E-state index contributed by atoms with van der Waals surface area (Å²) in [5.74, 6) is 2.46. The summed E-state index contributed by atoms with van der Waals surface area (Å²) in [6, 6.07) is 18.3. The van der Waals surface area contributed by atoms with Crippen molar-refractivity contribution in [3.63, 3.8) is 0 Å². The highest BCUT2D eigenvalue weighted by molar-refractivity contribution is 7.85. The highest BCUT2D eigenvalue weighted by Crippen LogP contribution is 2.45. The number of hydrogen-bond donors (Lipinski definition) is 1. The molecule has 1 aliphatic heterocycles. The molecule has 3 atom stereocenters. The molecule has 1 N–H and O–H groups in total. The van der Waals surface area contributed by atoms with Crippen molar-refractivity contribution in [3.05, 3.63) is 65.2 Å². The van der Waals surface area contributed by atoms with E-state index >= 15 is 0 Å². The molecular formula is C22H29NO4S.